The summed E-state index contributed by atoms with van der Waals surface area (Å²) in [6.07, 6.45) is 1.58. The second kappa shape index (κ2) is 8.29. The number of aliphatic hydroxyl groups is 1. The number of carbonyl (C=O) groups excluding carboxylic acids is 1. The zero-order valence-corrected chi connectivity index (χ0v) is 16.7. The van der Waals surface area contributed by atoms with Crippen molar-refractivity contribution in [3.63, 3.8) is 0 Å². The van der Waals surface area contributed by atoms with Gasteiger partial charge >= 0.3 is 0 Å². The molecule has 4 rings (SSSR count). The standard InChI is InChI=1S/C21H17Cl2N3O3/c22-14-4-6-15(7-5-14)25-21(28)16-2-1-3-18-19(16)29-9-8-26(18)20-17(23)10-13(12-27)11-24-20/h1-7,10-11,27H,8-9,12H2,(H,25,28). The summed E-state index contributed by atoms with van der Waals surface area (Å²) in [5.74, 6) is 0.721. The fourth-order valence-electron chi connectivity index (χ4n) is 3.13. The van der Waals surface area contributed by atoms with Gasteiger partial charge in [0.15, 0.2) is 11.6 Å². The van der Waals surface area contributed by atoms with Crippen LogP contribution in [0.5, 0.6) is 5.75 Å². The first-order valence-electron chi connectivity index (χ1n) is 8.92. The van der Waals surface area contributed by atoms with E-state index in [2.05, 4.69) is 10.3 Å². The quantitative estimate of drug-likeness (QED) is 0.630. The fourth-order valence-corrected chi connectivity index (χ4v) is 3.55. The number of amides is 1. The van der Waals surface area contributed by atoms with Crippen LogP contribution in [0.3, 0.4) is 0 Å². The molecule has 2 heterocycles. The molecule has 1 aromatic heterocycles. The number of nitrogens with zero attached hydrogens (tertiary/aromatic N) is 2. The molecular formula is C21H17Cl2N3O3. The Morgan fingerprint density at radius 1 is 1.21 bits per heavy atom. The average molecular weight is 430 g/mol. The third-order valence-corrected chi connectivity index (χ3v) is 5.04. The van der Waals surface area contributed by atoms with Crippen LogP contribution in [0.2, 0.25) is 10.0 Å². The van der Waals surface area contributed by atoms with Crippen LogP contribution in [0.25, 0.3) is 0 Å². The summed E-state index contributed by atoms with van der Waals surface area (Å²) in [6, 6.07) is 13.9. The van der Waals surface area contributed by atoms with Crippen molar-refractivity contribution in [1.29, 1.82) is 0 Å². The number of fused-ring (bicyclic) bond motifs is 1. The number of anilines is 3. The summed E-state index contributed by atoms with van der Waals surface area (Å²) in [7, 11) is 0. The Balaban J connectivity index is 1.67. The van der Waals surface area contributed by atoms with E-state index in [9.17, 15) is 9.90 Å². The maximum atomic E-state index is 12.9. The lowest BCUT2D eigenvalue weighted by atomic mass is 10.1. The van der Waals surface area contributed by atoms with Gasteiger partial charge in [-0.2, -0.15) is 0 Å². The molecule has 148 valence electrons. The van der Waals surface area contributed by atoms with Crippen molar-refractivity contribution in [1.82, 2.24) is 4.98 Å². The Kier molecular flexibility index (Phi) is 5.58. The summed E-state index contributed by atoms with van der Waals surface area (Å²) in [6.45, 7) is 0.764. The number of benzene rings is 2. The number of nitrogens with one attached hydrogen (secondary N) is 1. The number of aliphatic hydroxyl groups excluding tert-OH is 1. The molecule has 29 heavy (non-hydrogen) atoms. The summed E-state index contributed by atoms with van der Waals surface area (Å²) in [5, 5.41) is 13.1. The lowest BCUT2D eigenvalue weighted by molar-refractivity contribution is 0.102. The zero-order chi connectivity index (χ0) is 20.4. The molecule has 8 heteroatoms. The fraction of sp³-hybridized carbons (Fsp3) is 0.143. The first kappa shape index (κ1) is 19.5. The van der Waals surface area contributed by atoms with Gasteiger partial charge in [-0.15, -0.1) is 0 Å². The molecule has 2 N–H and O–H groups in total. The highest BCUT2D eigenvalue weighted by atomic mass is 35.5. The van der Waals surface area contributed by atoms with Crippen molar-refractivity contribution in [3.05, 3.63) is 75.9 Å². The summed E-state index contributed by atoms with van der Waals surface area (Å²) >= 11 is 12.3. The highest BCUT2D eigenvalue weighted by Crippen LogP contribution is 2.40. The van der Waals surface area contributed by atoms with E-state index in [0.717, 1.165) is 0 Å². The van der Waals surface area contributed by atoms with E-state index in [1.54, 1.807) is 48.7 Å². The van der Waals surface area contributed by atoms with Crippen LogP contribution in [0.1, 0.15) is 15.9 Å². The van der Waals surface area contributed by atoms with Gasteiger partial charge in [0.25, 0.3) is 5.91 Å². The van der Waals surface area contributed by atoms with E-state index < -0.39 is 0 Å². The average Bonchev–Trinajstić information content (AvgIpc) is 2.74. The van der Waals surface area contributed by atoms with Crippen molar-refractivity contribution < 1.29 is 14.6 Å². The van der Waals surface area contributed by atoms with Gasteiger partial charge in [0.05, 0.1) is 29.4 Å². The Morgan fingerprint density at radius 3 is 2.72 bits per heavy atom. The van der Waals surface area contributed by atoms with Gasteiger partial charge in [-0.05, 0) is 48.0 Å². The van der Waals surface area contributed by atoms with Crippen molar-refractivity contribution in [3.8, 4) is 5.75 Å². The van der Waals surface area contributed by atoms with Gasteiger partial charge in [-0.1, -0.05) is 29.3 Å². The minimum absolute atomic E-state index is 0.137. The van der Waals surface area contributed by atoms with E-state index in [0.29, 0.717) is 57.3 Å². The predicted octanol–water partition coefficient (Wildman–Crippen LogP) is 4.66. The highest BCUT2D eigenvalue weighted by Gasteiger charge is 2.26. The topological polar surface area (TPSA) is 74.7 Å². The third kappa shape index (κ3) is 4.00. The smallest absolute Gasteiger partial charge is 0.259 e. The van der Waals surface area contributed by atoms with Crippen LogP contribution in [0.15, 0.2) is 54.7 Å². The molecule has 2 aromatic carbocycles. The number of aromatic nitrogens is 1. The van der Waals surface area contributed by atoms with Crippen LogP contribution >= 0.6 is 23.2 Å². The number of pyridine rings is 1. The first-order chi connectivity index (χ1) is 14.1. The van der Waals surface area contributed by atoms with Crippen LogP contribution < -0.4 is 15.0 Å². The Labute approximate surface area is 177 Å². The summed E-state index contributed by atoms with van der Waals surface area (Å²) < 4.78 is 5.83. The number of ether oxygens (including phenoxy) is 1. The van der Waals surface area contributed by atoms with E-state index in [1.807, 2.05) is 11.0 Å². The number of halogens is 2. The molecule has 0 spiro atoms. The number of hydrogen-bond acceptors (Lipinski definition) is 5. The predicted molar refractivity (Wildman–Crippen MR) is 114 cm³/mol. The maximum Gasteiger partial charge on any atom is 0.259 e. The highest BCUT2D eigenvalue weighted by molar-refractivity contribution is 6.33. The van der Waals surface area contributed by atoms with E-state index in [1.165, 1.54) is 0 Å². The summed E-state index contributed by atoms with van der Waals surface area (Å²) in [4.78, 5) is 19.1. The molecule has 6 nitrogen and oxygen atoms in total. The molecule has 1 aliphatic rings. The molecule has 1 amide bonds. The van der Waals surface area contributed by atoms with E-state index >= 15 is 0 Å². The lowest BCUT2D eigenvalue weighted by Crippen LogP contribution is -2.30. The molecular weight excluding hydrogens is 413 g/mol. The minimum atomic E-state index is -0.291. The van der Waals surface area contributed by atoms with Gasteiger partial charge in [0.2, 0.25) is 0 Å². The van der Waals surface area contributed by atoms with Crippen molar-refractivity contribution in [2.24, 2.45) is 0 Å². The second-order valence-corrected chi connectivity index (χ2v) is 7.27. The largest absolute Gasteiger partial charge is 0.489 e. The van der Waals surface area contributed by atoms with Crippen molar-refractivity contribution in [2.75, 3.05) is 23.4 Å². The van der Waals surface area contributed by atoms with Gasteiger partial charge in [-0.25, -0.2) is 4.98 Å². The third-order valence-electron chi connectivity index (χ3n) is 4.51. The molecule has 0 atom stereocenters. The van der Waals surface area contributed by atoms with E-state index in [4.69, 9.17) is 27.9 Å². The second-order valence-electron chi connectivity index (χ2n) is 6.42. The molecule has 0 unspecified atom stereocenters. The van der Waals surface area contributed by atoms with Crippen LogP contribution in [0, 0.1) is 0 Å². The first-order valence-corrected chi connectivity index (χ1v) is 9.68. The number of para-hydroxylation sites is 1. The van der Waals surface area contributed by atoms with Gasteiger partial charge in [-0.3, -0.25) is 4.79 Å². The van der Waals surface area contributed by atoms with Crippen molar-refractivity contribution >= 4 is 46.3 Å². The molecule has 0 fully saturated rings. The summed E-state index contributed by atoms with van der Waals surface area (Å²) in [5.41, 5.74) is 2.37. The number of carbonyl (C=O) groups is 1. The molecule has 0 saturated carbocycles. The molecule has 3 aromatic rings. The van der Waals surface area contributed by atoms with Crippen LogP contribution in [-0.2, 0) is 6.61 Å². The molecule has 1 aliphatic heterocycles. The Morgan fingerprint density at radius 2 is 2.00 bits per heavy atom. The molecule has 0 aliphatic carbocycles. The van der Waals surface area contributed by atoms with Crippen molar-refractivity contribution in [2.45, 2.75) is 6.61 Å². The monoisotopic (exact) mass is 429 g/mol. The Bertz CT molecular complexity index is 1060. The maximum absolute atomic E-state index is 12.9. The van der Waals surface area contributed by atoms with Gasteiger partial charge in [0.1, 0.15) is 6.61 Å². The lowest BCUT2D eigenvalue weighted by Gasteiger charge is -2.32. The normalized spacial score (nSPS) is 12.9. The van der Waals surface area contributed by atoms with Gasteiger partial charge in [0, 0.05) is 16.9 Å². The Hall–Kier alpha value is -2.80. The zero-order valence-electron chi connectivity index (χ0n) is 15.2. The van der Waals surface area contributed by atoms with Gasteiger partial charge < -0.3 is 20.1 Å². The van der Waals surface area contributed by atoms with Crippen LogP contribution in [0.4, 0.5) is 17.2 Å². The van der Waals surface area contributed by atoms with Crippen LogP contribution in [-0.4, -0.2) is 29.1 Å². The number of rotatable bonds is 4. The minimum Gasteiger partial charge on any atom is -0.489 e. The number of hydrogen-bond donors (Lipinski definition) is 2. The molecule has 0 saturated heterocycles. The molecule has 0 radical (unpaired) electrons. The SMILES string of the molecule is O=C(Nc1ccc(Cl)cc1)c1cccc2c1OCCN2c1ncc(CO)cc1Cl. The molecule has 0 bridgehead atoms. The van der Waals surface area contributed by atoms with E-state index in [-0.39, 0.29) is 12.5 Å².